The zero-order valence-electron chi connectivity index (χ0n) is 7.19. The lowest BCUT2D eigenvalue weighted by Crippen LogP contribution is -2.49. The van der Waals surface area contributed by atoms with E-state index in [0.717, 1.165) is 0 Å². The van der Waals surface area contributed by atoms with Crippen molar-refractivity contribution in [3.63, 3.8) is 0 Å². The standard InChI is InChI=1S/C8H7F3O4/c9-8(10,11)4-1-2-5(12)7(15,3-4)6(13)14/h1-3,5,12,15H,(H,13,14)/t5-,7+/m0/s1. The molecule has 1 aliphatic carbocycles. The van der Waals surface area contributed by atoms with Crippen LogP contribution in [0.15, 0.2) is 23.8 Å². The number of aliphatic hydroxyl groups is 2. The number of hydrogen-bond donors (Lipinski definition) is 3. The van der Waals surface area contributed by atoms with Gasteiger partial charge in [-0.3, -0.25) is 0 Å². The fourth-order valence-corrected chi connectivity index (χ4v) is 1.08. The van der Waals surface area contributed by atoms with Gasteiger partial charge in [-0.05, 0) is 6.08 Å². The van der Waals surface area contributed by atoms with Gasteiger partial charge in [0.25, 0.3) is 0 Å². The van der Waals surface area contributed by atoms with E-state index in [4.69, 9.17) is 10.2 Å². The van der Waals surface area contributed by atoms with Crippen LogP contribution in [-0.4, -0.2) is 39.2 Å². The highest BCUT2D eigenvalue weighted by molar-refractivity contribution is 5.82. The van der Waals surface area contributed by atoms with E-state index >= 15 is 0 Å². The van der Waals surface area contributed by atoms with Crippen LogP contribution in [0.4, 0.5) is 13.2 Å². The third kappa shape index (κ3) is 2.02. The third-order valence-corrected chi connectivity index (χ3v) is 1.95. The SMILES string of the molecule is O=C(O)[C@@]1(O)C=C(C(F)(F)F)C=C[C@@H]1O. The Kier molecular flexibility index (Phi) is 2.62. The van der Waals surface area contributed by atoms with Crippen molar-refractivity contribution in [2.45, 2.75) is 17.9 Å². The average Bonchev–Trinajstić information content (AvgIpc) is 2.07. The van der Waals surface area contributed by atoms with E-state index in [1.807, 2.05) is 0 Å². The summed E-state index contributed by atoms with van der Waals surface area (Å²) in [7, 11) is 0. The van der Waals surface area contributed by atoms with Crippen molar-refractivity contribution in [3.8, 4) is 0 Å². The van der Waals surface area contributed by atoms with E-state index in [1.165, 1.54) is 0 Å². The Bertz CT molecular complexity index is 344. The number of carboxylic acid groups (broad SMARTS) is 1. The fourth-order valence-electron chi connectivity index (χ4n) is 1.08. The molecule has 0 aromatic rings. The molecule has 15 heavy (non-hydrogen) atoms. The molecule has 2 atom stereocenters. The monoisotopic (exact) mass is 224 g/mol. The van der Waals surface area contributed by atoms with Gasteiger partial charge in [0.1, 0.15) is 6.10 Å². The van der Waals surface area contributed by atoms with Gasteiger partial charge >= 0.3 is 12.1 Å². The van der Waals surface area contributed by atoms with Gasteiger partial charge < -0.3 is 15.3 Å². The first kappa shape index (κ1) is 11.7. The summed E-state index contributed by atoms with van der Waals surface area (Å²) in [6.07, 6.45) is -5.49. The first-order valence-corrected chi connectivity index (χ1v) is 3.80. The second-order valence-corrected chi connectivity index (χ2v) is 3.03. The molecule has 0 saturated carbocycles. The molecule has 0 radical (unpaired) electrons. The van der Waals surface area contributed by atoms with Crippen LogP contribution in [0.3, 0.4) is 0 Å². The van der Waals surface area contributed by atoms with Crippen LogP contribution in [0.25, 0.3) is 0 Å². The van der Waals surface area contributed by atoms with Gasteiger partial charge in [-0.1, -0.05) is 12.2 Å². The Morgan fingerprint density at radius 3 is 2.40 bits per heavy atom. The molecule has 0 unspecified atom stereocenters. The summed E-state index contributed by atoms with van der Waals surface area (Å²) in [6.45, 7) is 0. The minimum Gasteiger partial charge on any atom is -0.479 e. The zero-order chi connectivity index (χ0) is 11.9. The van der Waals surface area contributed by atoms with Crippen molar-refractivity contribution in [1.29, 1.82) is 0 Å². The predicted octanol–water partition coefficient (Wildman–Crippen LogP) is 0.222. The van der Waals surface area contributed by atoms with Crippen molar-refractivity contribution >= 4 is 5.97 Å². The predicted molar refractivity (Wildman–Crippen MR) is 41.9 cm³/mol. The zero-order valence-corrected chi connectivity index (χ0v) is 7.19. The minimum absolute atomic E-state index is 0.0833. The molecule has 7 heteroatoms. The second kappa shape index (κ2) is 3.35. The summed E-state index contributed by atoms with van der Waals surface area (Å²) in [6, 6.07) is 0. The van der Waals surface area contributed by atoms with E-state index in [1.54, 1.807) is 0 Å². The van der Waals surface area contributed by atoms with Crippen LogP contribution in [-0.2, 0) is 4.79 Å². The number of hydrogen-bond acceptors (Lipinski definition) is 3. The van der Waals surface area contributed by atoms with Crippen LogP contribution in [0.1, 0.15) is 0 Å². The highest BCUT2D eigenvalue weighted by Crippen LogP contribution is 2.33. The van der Waals surface area contributed by atoms with E-state index in [0.29, 0.717) is 12.2 Å². The molecule has 0 bridgehead atoms. The Hall–Kier alpha value is -1.34. The normalized spacial score (nSPS) is 31.3. The molecular formula is C8H7F3O4. The molecule has 0 spiro atoms. The number of alkyl halides is 3. The first-order chi connectivity index (χ1) is 6.68. The number of halogens is 3. The molecule has 1 aliphatic rings. The maximum atomic E-state index is 12.2. The van der Waals surface area contributed by atoms with Crippen LogP contribution in [0, 0.1) is 0 Å². The maximum absolute atomic E-state index is 12.2. The second-order valence-electron chi connectivity index (χ2n) is 3.03. The highest BCUT2D eigenvalue weighted by Gasteiger charge is 2.46. The molecule has 0 aliphatic heterocycles. The number of rotatable bonds is 1. The van der Waals surface area contributed by atoms with Gasteiger partial charge in [0.15, 0.2) is 0 Å². The molecule has 3 N–H and O–H groups in total. The van der Waals surface area contributed by atoms with E-state index in [2.05, 4.69) is 0 Å². The Morgan fingerprint density at radius 2 is 2.00 bits per heavy atom. The molecule has 4 nitrogen and oxygen atoms in total. The molecule has 1 rings (SSSR count). The largest absolute Gasteiger partial charge is 0.479 e. The summed E-state index contributed by atoms with van der Waals surface area (Å²) < 4.78 is 36.5. The smallest absolute Gasteiger partial charge is 0.416 e. The summed E-state index contributed by atoms with van der Waals surface area (Å²) in [5.74, 6) is -1.94. The molecular weight excluding hydrogens is 217 g/mol. The average molecular weight is 224 g/mol. The van der Waals surface area contributed by atoms with Gasteiger partial charge in [-0.15, -0.1) is 0 Å². The Balaban J connectivity index is 3.17. The van der Waals surface area contributed by atoms with Crippen molar-refractivity contribution in [1.82, 2.24) is 0 Å². The van der Waals surface area contributed by atoms with Crippen LogP contribution < -0.4 is 0 Å². The third-order valence-electron chi connectivity index (χ3n) is 1.95. The van der Waals surface area contributed by atoms with Crippen molar-refractivity contribution in [2.75, 3.05) is 0 Å². The fraction of sp³-hybridized carbons (Fsp3) is 0.375. The Morgan fingerprint density at radius 1 is 1.47 bits per heavy atom. The first-order valence-electron chi connectivity index (χ1n) is 3.80. The van der Waals surface area contributed by atoms with Gasteiger partial charge in [0, 0.05) is 0 Å². The van der Waals surface area contributed by atoms with E-state index < -0.39 is 29.4 Å². The number of carbonyl (C=O) groups is 1. The van der Waals surface area contributed by atoms with E-state index in [9.17, 15) is 23.1 Å². The lowest BCUT2D eigenvalue weighted by atomic mass is 9.89. The number of aliphatic carboxylic acids is 1. The minimum atomic E-state index is -4.76. The Labute approximate surface area is 81.9 Å². The molecule has 0 amide bonds. The lowest BCUT2D eigenvalue weighted by molar-refractivity contribution is -0.161. The number of aliphatic hydroxyl groups excluding tert-OH is 1. The highest BCUT2D eigenvalue weighted by atomic mass is 19.4. The van der Waals surface area contributed by atoms with Gasteiger partial charge in [0.05, 0.1) is 5.57 Å². The van der Waals surface area contributed by atoms with Crippen molar-refractivity contribution < 1.29 is 33.3 Å². The summed E-state index contributed by atoms with van der Waals surface area (Å²) in [5.41, 5.74) is -4.24. The quantitative estimate of drug-likeness (QED) is 0.595. The van der Waals surface area contributed by atoms with Gasteiger partial charge in [-0.25, -0.2) is 4.79 Å². The topological polar surface area (TPSA) is 77.8 Å². The molecule has 0 saturated heterocycles. The van der Waals surface area contributed by atoms with Crippen LogP contribution in [0.2, 0.25) is 0 Å². The molecule has 0 fully saturated rings. The van der Waals surface area contributed by atoms with Crippen LogP contribution >= 0.6 is 0 Å². The van der Waals surface area contributed by atoms with Gasteiger partial charge in [0.2, 0.25) is 5.60 Å². The lowest BCUT2D eigenvalue weighted by Gasteiger charge is -2.27. The van der Waals surface area contributed by atoms with E-state index in [-0.39, 0.29) is 6.08 Å². The number of allylic oxidation sites excluding steroid dienone is 2. The molecule has 0 aromatic heterocycles. The van der Waals surface area contributed by atoms with Crippen LogP contribution in [0.5, 0.6) is 0 Å². The molecule has 84 valence electrons. The van der Waals surface area contributed by atoms with Crippen molar-refractivity contribution in [2.24, 2.45) is 0 Å². The molecule has 0 heterocycles. The molecule has 0 aromatic carbocycles. The maximum Gasteiger partial charge on any atom is 0.416 e. The van der Waals surface area contributed by atoms with Gasteiger partial charge in [-0.2, -0.15) is 13.2 Å². The summed E-state index contributed by atoms with van der Waals surface area (Å²) >= 11 is 0. The summed E-state index contributed by atoms with van der Waals surface area (Å²) in [4.78, 5) is 10.5. The summed E-state index contributed by atoms with van der Waals surface area (Å²) in [5, 5.41) is 26.8. The van der Waals surface area contributed by atoms with Crippen molar-refractivity contribution in [3.05, 3.63) is 23.8 Å². The number of carboxylic acids is 1.